The van der Waals surface area contributed by atoms with Crippen LogP contribution in [0, 0.1) is 18.8 Å². The summed E-state index contributed by atoms with van der Waals surface area (Å²) in [5.74, 6) is 1.81. The molecule has 0 fully saturated rings. The average Bonchev–Trinajstić information content (AvgIpc) is 2.69. The second-order valence-electron chi connectivity index (χ2n) is 7.16. The molecular weight excluding hydrogens is 354 g/mol. The summed E-state index contributed by atoms with van der Waals surface area (Å²) in [4.78, 5) is 0. The summed E-state index contributed by atoms with van der Waals surface area (Å²) in [6.45, 7) is 17.0. The summed E-state index contributed by atoms with van der Waals surface area (Å²) in [5.41, 5.74) is 4.75. The number of fused-ring (bicyclic) bond motifs is 1. The Labute approximate surface area is 183 Å². The third kappa shape index (κ3) is 14.3. The van der Waals surface area contributed by atoms with Gasteiger partial charge in [0, 0.05) is 13.2 Å². The number of ether oxygens (including phenoxy) is 1. The van der Waals surface area contributed by atoms with Crippen molar-refractivity contribution in [1.82, 2.24) is 5.32 Å². The fraction of sp³-hybridized carbons (Fsp3) is 0.630. The lowest BCUT2D eigenvalue weighted by atomic mass is 9.76. The van der Waals surface area contributed by atoms with Gasteiger partial charge < -0.3 is 10.1 Å². The molecule has 170 valence electrons. The zero-order valence-electron chi connectivity index (χ0n) is 18.7. The molecule has 0 spiro atoms. The first kappa shape index (κ1) is 32.3. The Bertz CT molecular complexity index is 517. The van der Waals surface area contributed by atoms with Crippen molar-refractivity contribution < 1.29 is 4.74 Å². The Morgan fingerprint density at radius 3 is 2.45 bits per heavy atom. The molecule has 0 saturated carbocycles. The van der Waals surface area contributed by atoms with Crippen molar-refractivity contribution in [2.75, 3.05) is 26.8 Å². The van der Waals surface area contributed by atoms with Crippen molar-refractivity contribution in [3.63, 3.8) is 0 Å². The van der Waals surface area contributed by atoms with E-state index >= 15 is 0 Å². The van der Waals surface area contributed by atoms with Crippen molar-refractivity contribution in [3.05, 3.63) is 59.7 Å². The molecule has 1 aliphatic carbocycles. The van der Waals surface area contributed by atoms with Crippen molar-refractivity contribution in [2.24, 2.45) is 11.8 Å². The number of aryl methyl sites for hydroxylation is 2. The predicted molar refractivity (Wildman–Crippen MR) is 135 cm³/mol. The largest absolute Gasteiger partial charge is 0.380 e. The second-order valence-corrected chi connectivity index (χ2v) is 7.16. The van der Waals surface area contributed by atoms with Gasteiger partial charge in [-0.1, -0.05) is 78.1 Å². The van der Waals surface area contributed by atoms with Crippen LogP contribution in [-0.2, 0) is 17.6 Å². The maximum atomic E-state index is 5.01. The highest BCUT2D eigenvalue weighted by Gasteiger charge is 2.23. The molecule has 0 heterocycles. The van der Waals surface area contributed by atoms with Gasteiger partial charge in [-0.3, -0.25) is 0 Å². The highest BCUT2D eigenvalue weighted by molar-refractivity contribution is 5.36. The molecule has 2 unspecified atom stereocenters. The number of hydrogen-bond donors (Lipinski definition) is 1. The van der Waals surface area contributed by atoms with E-state index < -0.39 is 0 Å². The summed E-state index contributed by atoms with van der Waals surface area (Å²) in [6.07, 6.45) is 10.9. The Balaban J connectivity index is -0.000000411. The van der Waals surface area contributed by atoms with E-state index in [1.165, 1.54) is 31.2 Å². The van der Waals surface area contributed by atoms with Gasteiger partial charge in [-0.2, -0.15) is 0 Å². The summed E-state index contributed by atoms with van der Waals surface area (Å²) in [5, 5.41) is 2.98. The summed E-state index contributed by atoms with van der Waals surface area (Å²) >= 11 is 0. The number of likely N-dealkylation sites (N-methyl/N-ethyl adjacent to an activating group) is 1. The molecule has 0 bridgehead atoms. The van der Waals surface area contributed by atoms with Crippen molar-refractivity contribution in [2.45, 2.75) is 75.2 Å². The molecule has 1 N–H and O–H groups in total. The number of hydrogen-bond acceptors (Lipinski definition) is 2. The van der Waals surface area contributed by atoms with E-state index in [4.69, 9.17) is 4.74 Å². The third-order valence-corrected chi connectivity index (χ3v) is 5.24. The minimum Gasteiger partial charge on any atom is -0.380 e. The van der Waals surface area contributed by atoms with Gasteiger partial charge in [-0.15, -0.1) is 0 Å². The van der Waals surface area contributed by atoms with E-state index in [2.05, 4.69) is 50.9 Å². The average molecular weight is 406 g/mol. The molecule has 0 saturated heterocycles. The molecule has 2 nitrogen and oxygen atoms in total. The lowest BCUT2D eigenvalue weighted by Gasteiger charge is -2.30. The van der Waals surface area contributed by atoms with Crippen LogP contribution in [0.2, 0.25) is 0 Å². The normalized spacial score (nSPS) is 15.3. The molecule has 0 amide bonds. The Kier molecular flexibility index (Phi) is 23.8. The van der Waals surface area contributed by atoms with Crippen molar-refractivity contribution in [1.29, 1.82) is 0 Å². The van der Waals surface area contributed by atoms with Crippen LogP contribution in [0.3, 0.4) is 0 Å². The number of nitrogens with one attached hydrogen (secondary N) is 1. The van der Waals surface area contributed by atoms with E-state index in [1.807, 2.05) is 33.0 Å². The summed E-state index contributed by atoms with van der Waals surface area (Å²) in [6, 6.07) is 6.78. The molecule has 29 heavy (non-hydrogen) atoms. The van der Waals surface area contributed by atoms with Gasteiger partial charge in [0.15, 0.2) is 0 Å². The Morgan fingerprint density at radius 1 is 1.28 bits per heavy atom. The number of allylic oxidation sites excluding steroid dienone is 3. The first-order valence-corrected chi connectivity index (χ1v) is 10.6. The van der Waals surface area contributed by atoms with E-state index in [-0.39, 0.29) is 14.9 Å². The lowest BCUT2D eigenvalue weighted by Crippen LogP contribution is -2.21. The summed E-state index contributed by atoms with van der Waals surface area (Å²) < 4.78 is 5.01. The monoisotopic (exact) mass is 405 g/mol. The van der Waals surface area contributed by atoms with Crippen LogP contribution in [0.15, 0.2) is 43.0 Å². The van der Waals surface area contributed by atoms with E-state index in [1.54, 1.807) is 17.2 Å². The molecule has 1 aromatic rings. The molecule has 0 aliphatic heterocycles. The van der Waals surface area contributed by atoms with Gasteiger partial charge in [0.25, 0.3) is 0 Å². The van der Waals surface area contributed by atoms with Crippen LogP contribution in [0.25, 0.3) is 0 Å². The molecule has 1 aliphatic rings. The van der Waals surface area contributed by atoms with Gasteiger partial charge in [-0.25, -0.2) is 0 Å². The smallest absolute Gasteiger partial charge is 0.0590 e. The third-order valence-electron chi connectivity index (χ3n) is 5.24. The van der Waals surface area contributed by atoms with Crippen LogP contribution < -0.4 is 5.32 Å². The molecular formula is C27H51NO. The van der Waals surface area contributed by atoms with Crippen LogP contribution >= 0.6 is 0 Å². The molecule has 2 atom stereocenters. The van der Waals surface area contributed by atoms with E-state index in [9.17, 15) is 0 Å². The maximum Gasteiger partial charge on any atom is 0.0590 e. The summed E-state index contributed by atoms with van der Waals surface area (Å²) in [7, 11) is 1.92. The van der Waals surface area contributed by atoms with Crippen LogP contribution in [0.4, 0.5) is 0 Å². The Hall–Kier alpha value is -1.38. The van der Waals surface area contributed by atoms with Gasteiger partial charge in [-0.05, 0) is 75.6 Å². The highest BCUT2D eigenvalue weighted by Crippen LogP contribution is 2.32. The molecule has 2 rings (SSSR count). The maximum absolute atomic E-state index is 5.01. The van der Waals surface area contributed by atoms with Gasteiger partial charge in [0.1, 0.15) is 0 Å². The van der Waals surface area contributed by atoms with Crippen molar-refractivity contribution >= 4 is 0 Å². The zero-order valence-corrected chi connectivity index (χ0v) is 18.7. The van der Waals surface area contributed by atoms with Crippen LogP contribution in [0.5, 0.6) is 0 Å². The topological polar surface area (TPSA) is 21.3 Å². The minimum absolute atomic E-state index is 0. The lowest BCUT2D eigenvalue weighted by molar-refractivity contribution is 0.151. The van der Waals surface area contributed by atoms with Gasteiger partial charge in [0.2, 0.25) is 0 Å². The van der Waals surface area contributed by atoms with E-state index in [0.29, 0.717) is 0 Å². The Morgan fingerprint density at radius 2 is 1.97 bits per heavy atom. The predicted octanol–water partition coefficient (Wildman–Crippen LogP) is 7.41. The van der Waals surface area contributed by atoms with Crippen LogP contribution in [-0.4, -0.2) is 26.8 Å². The number of rotatable bonds is 7. The quantitative estimate of drug-likeness (QED) is 0.376. The van der Waals surface area contributed by atoms with Gasteiger partial charge in [0.05, 0.1) is 6.61 Å². The minimum atomic E-state index is 0. The SMILES string of the molecule is C.C.C=C/C=C\C.CCC(C)C1CCc2cccc(C)c2C1.CCOCCNC. The molecule has 2 heteroatoms. The molecule has 0 radical (unpaired) electrons. The van der Waals surface area contributed by atoms with Gasteiger partial charge >= 0.3 is 0 Å². The molecule has 0 aromatic heterocycles. The standard InChI is InChI=1S/C15H22.C5H13NO.C5H8.2CH4/c1-4-11(2)14-9-8-13-7-5-6-12(3)15(13)10-14;1-3-7-5-4-6-2;1-3-5-4-2;;/h5-7,11,14H,4,8-10H2,1-3H3;6H,3-5H2,1-2H3;3-5H,1H2,2H3;2*1H4/b;;5-4-;;. The second kappa shape index (κ2) is 21.3. The molecule has 1 aromatic carbocycles. The fourth-order valence-corrected chi connectivity index (χ4v) is 3.27. The van der Waals surface area contributed by atoms with E-state index in [0.717, 1.165) is 31.6 Å². The zero-order chi connectivity index (χ0) is 20.5. The first-order chi connectivity index (χ1) is 13.0. The highest BCUT2D eigenvalue weighted by atomic mass is 16.5. The fourth-order valence-electron chi connectivity index (χ4n) is 3.27. The van der Waals surface area contributed by atoms with Crippen molar-refractivity contribution in [3.8, 4) is 0 Å². The van der Waals surface area contributed by atoms with Crippen LogP contribution in [0.1, 0.15) is 72.1 Å². The first-order valence-electron chi connectivity index (χ1n) is 10.6. The number of benzene rings is 1.